The molecule has 2 aromatic heterocycles. The van der Waals surface area contributed by atoms with Gasteiger partial charge in [0, 0.05) is 55.0 Å². The van der Waals surface area contributed by atoms with Gasteiger partial charge in [-0.3, -0.25) is 24.4 Å². The number of imide groups is 1. The molecule has 2 fully saturated rings. The number of rotatable bonds is 8. The minimum absolute atomic E-state index is 0.00425. The molecule has 12 nitrogen and oxygen atoms in total. The van der Waals surface area contributed by atoms with E-state index >= 15 is 0 Å². The van der Waals surface area contributed by atoms with E-state index in [0.29, 0.717) is 35.3 Å². The average Bonchev–Trinajstić information content (AvgIpc) is 3.52. The van der Waals surface area contributed by atoms with Gasteiger partial charge in [0.2, 0.25) is 23.7 Å². The topological polar surface area (TPSA) is 137 Å². The van der Waals surface area contributed by atoms with Gasteiger partial charge in [-0.25, -0.2) is 9.37 Å². The molecule has 3 aliphatic heterocycles. The molecule has 0 bridgehead atoms. The molecule has 2 aromatic carbocycles. The molecule has 2 saturated heterocycles. The summed E-state index contributed by atoms with van der Waals surface area (Å²) in [6, 6.07) is 11.8. The Kier molecular flexibility index (Phi) is 8.42. The Balaban J connectivity index is 1.01. The van der Waals surface area contributed by atoms with Crippen molar-refractivity contribution in [3.8, 4) is 0 Å². The van der Waals surface area contributed by atoms with Crippen molar-refractivity contribution in [1.82, 2.24) is 25.1 Å². The monoisotopic (exact) mass is 687 g/mol. The van der Waals surface area contributed by atoms with Crippen molar-refractivity contribution >= 4 is 69.1 Å². The molecule has 3 amide bonds. The van der Waals surface area contributed by atoms with Gasteiger partial charge < -0.3 is 20.4 Å². The van der Waals surface area contributed by atoms with Crippen molar-refractivity contribution in [3.05, 3.63) is 58.9 Å². The predicted octanol–water partition coefficient (Wildman–Crippen LogP) is 5.24. The van der Waals surface area contributed by atoms with E-state index in [1.807, 2.05) is 37.4 Å². The first-order valence-electron chi connectivity index (χ1n) is 16.6. The molecule has 49 heavy (non-hydrogen) atoms. The first-order chi connectivity index (χ1) is 23.3. The highest BCUT2D eigenvalue weighted by Gasteiger charge is 2.34. The Morgan fingerprint density at radius 1 is 1.10 bits per heavy atom. The molecule has 0 aliphatic carbocycles. The summed E-state index contributed by atoms with van der Waals surface area (Å²) < 4.78 is 16.1. The van der Waals surface area contributed by atoms with Crippen molar-refractivity contribution in [2.24, 2.45) is 13.0 Å². The van der Waals surface area contributed by atoms with E-state index in [9.17, 15) is 18.8 Å². The Bertz CT molecular complexity index is 1980. The number of carbonyl (C=O) groups excluding carboxylic acids is 3. The molecule has 1 unspecified atom stereocenters. The first-order valence-corrected chi connectivity index (χ1v) is 16.9. The summed E-state index contributed by atoms with van der Waals surface area (Å²) in [5.41, 5.74) is 3.36. The fourth-order valence-corrected chi connectivity index (χ4v) is 7.23. The third-order valence-electron chi connectivity index (χ3n) is 9.53. The highest BCUT2D eigenvalue weighted by atomic mass is 35.5. The molecule has 0 radical (unpaired) electrons. The molecule has 5 heterocycles. The van der Waals surface area contributed by atoms with Crippen LogP contribution in [0.5, 0.6) is 0 Å². The highest BCUT2D eigenvalue weighted by molar-refractivity contribution is 6.33. The maximum atomic E-state index is 14.3. The van der Waals surface area contributed by atoms with Gasteiger partial charge in [-0.1, -0.05) is 18.5 Å². The van der Waals surface area contributed by atoms with Crippen molar-refractivity contribution < 1.29 is 18.8 Å². The zero-order chi connectivity index (χ0) is 34.6. The average molecular weight is 688 g/mol. The van der Waals surface area contributed by atoms with Crippen molar-refractivity contribution in [3.63, 3.8) is 0 Å². The van der Waals surface area contributed by atoms with Crippen LogP contribution in [0.1, 0.15) is 57.2 Å². The van der Waals surface area contributed by atoms with Gasteiger partial charge in [0.05, 0.1) is 36.3 Å². The summed E-state index contributed by atoms with van der Waals surface area (Å²) in [6.07, 6.45) is 3.42. The fourth-order valence-electron chi connectivity index (χ4n) is 7.09. The zero-order valence-electron chi connectivity index (χ0n) is 27.9. The molecule has 0 spiro atoms. The van der Waals surface area contributed by atoms with Crippen LogP contribution in [0.2, 0.25) is 5.02 Å². The second-order valence-electron chi connectivity index (χ2n) is 13.9. The number of fused-ring (bicyclic) bond motifs is 2. The van der Waals surface area contributed by atoms with E-state index in [4.69, 9.17) is 16.6 Å². The Labute approximate surface area is 288 Å². The van der Waals surface area contributed by atoms with Crippen LogP contribution in [-0.4, -0.2) is 68.8 Å². The number of hydrogen-bond acceptors (Lipinski definition) is 9. The van der Waals surface area contributed by atoms with Gasteiger partial charge in [-0.2, -0.15) is 10.1 Å². The van der Waals surface area contributed by atoms with Crippen LogP contribution >= 0.6 is 11.6 Å². The zero-order valence-corrected chi connectivity index (χ0v) is 28.6. The lowest BCUT2D eigenvalue weighted by molar-refractivity contribution is -0.134. The molecule has 3 atom stereocenters. The minimum Gasteiger partial charge on any atom is -0.382 e. The minimum atomic E-state index is -1.50. The number of benzene rings is 2. The molecular weight excluding hydrogens is 649 g/mol. The first kappa shape index (κ1) is 32.8. The Morgan fingerprint density at radius 2 is 1.90 bits per heavy atom. The van der Waals surface area contributed by atoms with Gasteiger partial charge in [0.15, 0.2) is 5.82 Å². The third kappa shape index (κ3) is 6.63. The summed E-state index contributed by atoms with van der Waals surface area (Å²) in [4.78, 5) is 49.7. The van der Waals surface area contributed by atoms with Crippen LogP contribution in [-0.2, 0) is 27.9 Å². The van der Waals surface area contributed by atoms with E-state index in [-0.39, 0.29) is 42.6 Å². The van der Waals surface area contributed by atoms with Crippen molar-refractivity contribution in [2.75, 3.05) is 40.1 Å². The van der Waals surface area contributed by atoms with Crippen LogP contribution in [0.3, 0.4) is 0 Å². The molecule has 3 aliphatic rings. The maximum Gasteiger partial charge on any atom is 0.235 e. The number of carbonyl (C=O) groups is 3. The van der Waals surface area contributed by atoms with E-state index < -0.39 is 11.6 Å². The van der Waals surface area contributed by atoms with Crippen molar-refractivity contribution in [2.45, 2.75) is 64.1 Å². The normalized spacial score (nSPS) is 21.3. The number of aryl methyl sites for hydroxylation is 1. The number of alkyl halides is 1. The number of aromatic nitrogens is 4. The largest absolute Gasteiger partial charge is 0.382 e. The van der Waals surface area contributed by atoms with Crippen LogP contribution in [0.25, 0.3) is 10.9 Å². The summed E-state index contributed by atoms with van der Waals surface area (Å²) in [7, 11) is 1.87. The lowest BCUT2D eigenvalue weighted by Gasteiger charge is -2.37. The van der Waals surface area contributed by atoms with Gasteiger partial charge in [0.1, 0.15) is 10.7 Å². The number of hydrogen-bond donors (Lipinski definition) is 3. The van der Waals surface area contributed by atoms with E-state index in [2.05, 4.69) is 43.9 Å². The molecule has 256 valence electrons. The standard InChI is InChI=1S/C35H39ClFN9O3/c1-19-17-45(12-11-26(19)39-22-5-7-23-28(15-22)44(4)43-31(23)24-8-10-29(47)41-33(24)49)34-38-16-25(36)32(42-34)40-21-6-9-27-20(13-21)14-30(48)46(27)18-35(2,3)37/h5-7,9,13,15-16,19,24,26,39H,8,10-12,14,17-18H2,1-4H3,(H,38,40,42)(H,41,47,49)/t19-,24?,26-/m1/s1. The Morgan fingerprint density at radius 3 is 2.65 bits per heavy atom. The number of anilines is 5. The molecule has 14 heteroatoms. The van der Waals surface area contributed by atoms with Gasteiger partial charge in [-0.05, 0) is 74.6 Å². The highest BCUT2D eigenvalue weighted by Crippen LogP contribution is 2.36. The summed E-state index contributed by atoms with van der Waals surface area (Å²) in [6.45, 7) is 6.60. The van der Waals surface area contributed by atoms with E-state index in [1.165, 1.54) is 18.7 Å². The molecule has 7 rings (SSSR count). The number of nitrogens with one attached hydrogen (secondary N) is 3. The van der Waals surface area contributed by atoms with Crippen LogP contribution in [0, 0.1) is 5.92 Å². The van der Waals surface area contributed by atoms with Crippen LogP contribution in [0.4, 0.5) is 33.2 Å². The quantitative estimate of drug-likeness (QED) is 0.212. The molecule has 4 aromatic rings. The lowest BCUT2D eigenvalue weighted by Crippen LogP contribution is -2.46. The lowest BCUT2D eigenvalue weighted by atomic mass is 9.92. The van der Waals surface area contributed by atoms with Crippen molar-refractivity contribution in [1.29, 1.82) is 0 Å². The summed E-state index contributed by atoms with van der Waals surface area (Å²) in [5.74, 6) is 0.201. The molecular formula is C35H39ClFN9O3. The number of piperidine rings is 2. The molecule has 0 saturated carbocycles. The number of halogens is 2. The smallest absolute Gasteiger partial charge is 0.235 e. The predicted molar refractivity (Wildman–Crippen MR) is 187 cm³/mol. The fraction of sp³-hybridized carbons (Fsp3) is 0.429. The molecule has 3 N–H and O–H groups in total. The van der Waals surface area contributed by atoms with E-state index in [0.717, 1.165) is 53.0 Å². The number of nitrogens with zero attached hydrogens (tertiary/aromatic N) is 6. The second-order valence-corrected chi connectivity index (χ2v) is 14.3. The van der Waals surface area contributed by atoms with Gasteiger partial charge >= 0.3 is 0 Å². The summed E-state index contributed by atoms with van der Waals surface area (Å²) in [5, 5.41) is 15.4. The van der Waals surface area contributed by atoms with Gasteiger partial charge in [0.25, 0.3) is 0 Å². The summed E-state index contributed by atoms with van der Waals surface area (Å²) >= 11 is 6.52. The second kappa shape index (κ2) is 12.6. The Hall–Kier alpha value is -4.78. The SMILES string of the molecule is C[C@@H]1CN(c2ncc(Cl)c(Nc3ccc4c(c3)CC(=O)N4CC(C)(C)F)n2)CC[C@H]1Nc1ccc2c(C3CCC(=O)NC3=O)nn(C)c2c1. The van der Waals surface area contributed by atoms with Crippen LogP contribution in [0.15, 0.2) is 42.6 Å². The van der Waals surface area contributed by atoms with Crippen LogP contribution < -0.4 is 25.8 Å². The van der Waals surface area contributed by atoms with E-state index in [1.54, 1.807) is 10.9 Å². The maximum absolute atomic E-state index is 14.3. The third-order valence-corrected chi connectivity index (χ3v) is 9.81. The number of amides is 3. The van der Waals surface area contributed by atoms with Gasteiger partial charge in [-0.15, -0.1) is 0 Å².